The minimum Gasteiger partial charge on any atom is -0.484 e. The topological polar surface area (TPSA) is 78.9 Å². The molecule has 2 aliphatic rings. The number of fused-ring (bicyclic) bond motifs is 1. The van der Waals surface area contributed by atoms with Crippen LogP contribution in [0.15, 0.2) is 24.1 Å². The van der Waals surface area contributed by atoms with Gasteiger partial charge in [0.1, 0.15) is 17.5 Å². The second kappa shape index (κ2) is 6.80. The zero-order valence-corrected chi connectivity index (χ0v) is 15.3. The smallest absolute Gasteiger partial charge is 0.245 e. The van der Waals surface area contributed by atoms with Gasteiger partial charge in [-0.2, -0.15) is 0 Å². The molecule has 2 amide bonds. The van der Waals surface area contributed by atoms with Crippen LogP contribution in [-0.2, 0) is 9.59 Å². The molecule has 3 rings (SSSR count). The molecular formula is C18H24N2O4S. The fraction of sp³-hybridized carbons (Fsp3) is 0.556. The summed E-state index contributed by atoms with van der Waals surface area (Å²) in [5, 5.41) is 15.6. The number of carbonyl (C=O) groups is 2. The van der Waals surface area contributed by atoms with E-state index in [2.05, 4.69) is 11.9 Å². The van der Waals surface area contributed by atoms with E-state index in [0.717, 1.165) is 17.7 Å². The second-order valence-corrected chi connectivity index (χ2v) is 8.06. The molecule has 1 aromatic heterocycles. The summed E-state index contributed by atoms with van der Waals surface area (Å²) >= 11 is 1.46. The molecule has 0 aromatic carbocycles. The standard InChI is InChI=1S/C18H24N2O4S/c1-4-13(21)20-8-5-6-11(10-20)17(23)19-14-15-12(7-9-25-15)24-18(2,3)16(14)22/h4,7,9,11,14,16,22H,1,5-6,8,10H2,2-3H3,(H,19,23)/t11?,14-,16+/m1/s1. The van der Waals surface area contributed by atoms with Crippen LogP contribution in [0, 0.1) is 5.92 Å². The second-order valence-electron chi connectivity index (χ2n) is 7.11. The summed E-state index contributed by atoms with van der Waals surface area (Å²) in [6.07, 6.45) is 1.94. The number of rotatable bonds is 3. The van der Waals surface area contributed by atoms with E-state index in [9.17, 15) is 14.7 Å². The molecule has 2 N–H and O–H groups in total. The maximum Gasteiger partial charge on any atom is 0.245 e. The fourth-order valence-electron chi connectivity index (χ4n) is 3.44. The summed E-state index contributed by atoms with van der Waals surface area (Å²) in [6.45, 7) is 8.16. The summed E-state index contributed by atoms with van der Waals surface area (Å²) in [5.41, 5.74) is -0.788. The number of thiophene rings is 1. The lowest BCUT2D eigenvalue weighted by Gasteiger charge is -2.41. The van der Waals surface area contributed by atoms with Crippen molar-refractivity contribution < 1.29 is 19.4 Å². The van der Waals surface area contributed by atoms with Crippen molar-refractivity contribution >= 4 is 23.2 Å². The van der Waals surface area contributed by atoms with Gasteiger partial charge in [-0.15, -0.1) is 11.3 Å². The molecule has 1 fully saturated rings. The fourth-order valence-corrected chi connectivity index (χ4v) is 4.34. The van der Waals surface area contributed by atoms with Crippen molar-refractivity contribution in [3.05, 3.63) is 29.0 Å². The molecule has 0 aliphatic carbocycles. The summed E-state index contributed by atoms with van der Waals surface area (Å²) in [7, 11) is 0. The van der Waals surface area contributed by atoms with Crippen molar-refractivity contribution in [2.45, 2.75) is 44.4 Å². The van der Waals surface area contributed by atoms with E-state index in [1.54, 1.807) is 4.90 Å². The lowest BCUT2D eigenvalue weighted by molar-refractivity contribution is -0.134. The van der Waals surface area contributed by atoms with Crippen molar-refractivity contribution in [1.82, 2.24) is 10.2 Å². The van der Waals surface area contributed by atoms with Gasteiger partial charge in [0.2, 0.25) is 11.8 Å². The molecule has 3 heterocycles. The van der Waals surface area contributed by atoms with Crippen LogP contribution in [0.2, 0.25) is 0 Å². The average Bonchev–Trinajstić information content (AvgIpc) is 3.05. The van der Waals surface area contributed by atoms with Gasteiger partial charge in [0.05, 0.1) is 16.8 Å². The number of hydrogen-bond acceptors (Lipinski definition) is 5. The summed E-state index contributed by atoms with van der Waals surface area (Å²) in [6, 6.07) is 1.36. The lowest BCUT2D eigenvalue weighted by Crippen LogP contribution is -2.54. The number of amides is 2. The third-order valence-electron chi connectivity index (χ3n) is 4.92. The lowest BCUT2D eigenvalue weighted by atomic mass is 9.89. The Morgan fingerprint density at radius 3 is 3.00 bits per heavy atom. The molecule has 1 aromatic rings. The average molecular weight is 364 g/mol. The summed E-state index contributed by atoms with van der Waals surface area (Å²) < 4.78 is 5.84. The Bertz CT molecular complexity index is 684. The highest BCUT2D eigenvalue weighted by atomic mass is 32.1. The van der Waals surface area contributed by atoms with Crippen molar-refractivity contribution in [3.63, 3.8) is 0 Å². The van der Waals surface area contributed by atoms with Crippen molar-refractivity contribution in [1.29, 1.82) is 0 Å². The largest absolute Gasteiger partial charge is 0.484 e. The third kappa shape index (κ3) is 3.43. The molecule has 25 heavy (non-hydrogen) atoms. The third-order valence-corrected chi connectivity index (χ3v) is 5.90. The molecular weight excluding hydrogens is 340 g/mol. The van der Waals surface area contributed by atoms with Gasteiger partial charge in [0, 0.05) is 13.1 Å². The Morgan fingerprint density at radius 1 is 1.52 bits per heavy atom. The number of hydrogen-bond donors (Lipinski definition) is 2. The van der Waals surface area contributed by atoms with Crippen molar-refractivity contribution in [3.8, 4) is 5.75 Å². The molecule has 1 unspecified atom stereocenters. The van der Waals surface area contributed by atoms with Crippen LogP contribution in [0.3, 0.4) is 0 Å². The number of likely N-dealkylation sites (tertiary alicyclic amines) is 1. The van der Waals surface area contributed by atoms with E-state index in [1.807, 2.05) is 25.3 Å². The number of aliphatic hydroxyl groups is 1. The minimum atomic E-state index is -0.850. The number of carbonyl (C=O) groups excluding carboxylic acids is 2. The molecule has 2 aliphatic heterocycles. The molecule has 7 heteroatoms. The molecule has 3 atom stereocenters. The normalized spacial score (nSPS) is 27.8. The monoisotopic (exact) mass is 364 g/mol. The van der Waals surface area contributed by atoms with Crippen LogP contribution in [0.5, 0.6) is 5.75 Å². The maximum absolute atomic E-state index is 12.8. The van der Waals surface area contributed by atoms with E-state index < -0.39 is 17.7 Å². The minimum absolute atomic E-state index is 0.136. The molecule has 0 radical (unpaired) electrons. The van der Waals surface area contributed by atoms with E-state index in [-0.39, 0.29) is 17.7 Å². The van der Waals surface area contributed by atoms with Crippen LogP contribution in [0.4, 0.5) is 0 Å². The van der Waals surface area contributed by atoms with E-state index in [0.29, 0.717) is 18.8 Å². The first-order valence-electron chi connectivity index (χ1n) is 8.49. The highest BCUT2D eigenvalue weighted by Crippen LogP contribution is 2.43. The van der Waals surface area contributed by atoms with Crippen LogP contribution in [0.25, 0.3) is 0 Å². The summed E-state index contributed by atoms with van der Waals surface area (Å²) in [4.78, 5) is 27.1. The van der Waals surface area contributed by atoms with Gasteiger partial charge >= 0.3 is 0 Å². The first-order valence-corrected chi connectivity index (χ1v) is 9.37. The van der Waals surface area contributed by atoms with Gasteiger partial charge in [-0.1, -0.05) is 6.58 Å². The molecule has 1 saturated heterocycles. The zero-order chi connectivity index (χ0) is 18.2. The summed E-state index contributed by atoms with van der Waals surface area (Å²) in [5.74, 6) is 0.143. The van der Waals surface area contributed by atoms with E-state index in [1.165, 1.54) is 17.4 Å². The molecule has 0 bridgehead atoms. The SMILES string of the molecule is C=CC(=O)N1CCCC(C(=O)N[C@@H]2c3sccc3OC(C)(C)[C@H]2O)C1. The van der Waals surface area contributed by atoms with Crippen LogP contribution in [-0.4, -0.2) is 46.6 Å². The zero-order valence-electron chi connectivity index (χ0n) is 14.5. The van der Waals surface area contributed by atoms with Gasteiger partial charge in [0.25, 0.3) is 0 Å². The Labute approximate surface area is 151 Å². The number of nitrogens with one attached hydrogen (secondary N) is 1. The van der Waals surface area contributed by atoms with Gasteiger partial charge in [-0.25, -0.2) is 0 Å². The van der Waals surface area contributed by atoms with Gasteiger partial charge in [-0.3, -0.25) is 9.59 Å². The maximum atomic E-state index is 12.8. The van der Waals surface area contributed by atoms with E-state index >= 15 is 0 Å². The van der Waals surface area contributed by atoms with Crippen LogP contribution in [0.1, 0.15) is 37.6 Å². The Balaban J connectivity index is 1.74. The Kier molecular flexibility index (Phi) is 4.88. The predicted molar refractivity (Wildman–Crippen MR) is 95.4 cm³/mol. The van der Waals surface area contributed by atoms with Gasteiger partial charge in [0.15, 0.2) is 0 Å². The number of ether oxygens (including phenoxy) is 1. The highest BCUT2D eigenvalue weighted by molar-refractivity contribution is 7.10. The Morgan fingerprint density at radius 2 is 2.28 bits per heavy atom. The van der Waals surface area contributed by atoms with Crippen LogP contribution >= 0.6 is 11.3 Å². The highest BCUT2D eigenvalue weighted by Gasteiger charge is 2.45. The number of piperidine rings is 1. The van der Waals surface area contributed by atoms with Gasteiger partial charge < -0.3 is 20.1 Å². The van der Waals surface area contributed by atoms with Crippen molar-refractivity contribution in [2.75, 3.05) is 13.1 Å². The van der Waals surface area contributed by atoms with Gasteiger partial charge in [-0.05, 0) is 44.2 Å². The Hall–Kier alpha value is -1.86. The molecule has 6 nitrogen and oxygen atoms in total. The predicted octanol–water partition coefficient (Wildman–Crippen LogP) is 1.86. The van der Waals surface area contributed by atoms with Crippen molar-refractivity contribution in [2.24, 2.45) is 5.92 Å². The van der Waals surface area contributed by atoms with Crippen LogP contribution < -0.4 is 10.1 Å². The van der Waals surface area contributed by atoms with E-state index in [4.69, 9.17) is 4.74 Å². The quantitative estimate of drug-likeness (QED) is 0.803. The molecule has 0 spiro atoms. The first kappa shape index (κ1) is 17.9. The molecule has 136 valence electrons. The number of nitrogens with zero attached hydrogens (tertiary/aromatic N) is 1. The first-order chi connectivity index (χ1) is 11.8. The number of aliphatic hydroxyl groups excluding tert-OH is 1. The molecule has 0 saturated carbocycles.